The van der Waals surface area contributed by atoms with Crippen LogP contribution in [0.1, 0.15) is 22.8 Å². The van der Waals surface area contributed by atoms with Crippen LogP contribution in [0, 0.1) is 6.92 Å². The Balaban J connectivity index is 1.85. The number of fused-ring (bicyclic) bond motifs is 1. The molecule has 1 aromatic heterocycles. The van der Waals surface area contributed by atoms with Gasteiger partial charge in [-0.3, -0.25) is 4.79 Å². The summed E-state index contributed by atoms with van der Waals surface area (Å²) in [5, 5.41) is 0.550. The van der Waals surface area contributed by atoms with Crippen LogP contribution in [0.3, 0.4) is 0 Å². The van der Waals surface area contributed by atoms with Crippen LogP contribution < -0.4 is 5.73 Å². The van der Waals surface area contributed by atoms with Crippen molar-refractivity contribution in [3.05, 3.63) is 23.3 Å². The highest BCUT2D eigenvalue weighted by Crippen LogP contribution is 2.28. The lowest BCUT2D eigenvalue weighted by Gasteiger charge is -2.34. The summed E-state index contributed by atoms with van der Waals surface area (Å²) in [5.41, 5.74) is 8.43. The van der Waals surface area contributed by atoms with E-state index >= 15 is 0 Å². The molecule has 2 aromatic rings. The quantitative estimate of drug-likeness (QED) is 0.921. The first-order chi connectivity index (χ1) is 10.1. The van der Waals surface area contributed by atoms with Gasteiger partial charge in [-0.05, 0) is 31.2 Å². The molecule has 0 spiro atoms. The Bertz CT molecular complexity index is 674. The first kappa shape index (κ1) is 14.3. The maximum Gasteiger partial charge on any atom is 0.254 e. The molecule has 0 bridgehead atoms. The minimum atomic E-state index is 0.114. The topological polar surface area (TPSA) is 62.5 Å². The number of anilines is 1. The Hall–Kier alpha value is -1.66. The van der Waals surface area contributed by atoms with E-state index in [4.69, 9.17) is 5.73 Å². The van der Waals surface area contributed by atoms with Crippen molar-refractivity contribution < 1.29 is 4.79 Å². The third kappa shape index (κ3) is 2.73. The van der Waals surface area contributed by atoms with Crippen molar-refractivity contribution in [3.63, 3.8) is 0 Å². The van der Waals surface area contributed by atoms with Crippen molar-refractivity contribution in [1.29, 1.82) is 0 Å². The van der Waals surface area contributed by atoms with E-state index in [9.17, 15) is 4.79 Å². The number of amides is 1. The summed E-state index contributed by atoms with van der Waals surface area (Å²) < 4.78 is 0.989. The zero-order valence-electron chi connectivity index (χ0n) is 12.4. The predicted octanol–water partition coefficient (Wildman–Crippen LogP) is 1.96. The summed E-state index contributed by atoms with van der Waals surface area (Å²) in [4.78, 5) is 21.3. The number of rotatable bonds is 2. The van der Waals surface area contributed by atoms with Gasteiger partial charge in [0.25, 0.3) is 5.91 Å². The average molecular weight is 304 g/mol. The Morgan fingerprint density at radius 2 is 2.05 bits per heavy atom. The van der Waals surface area contributed by atoms with Gasteiger partial charge in [0, 0.05) is 31.7 Å². The molecule has 0 atom stereocenters. The van der Waals surface area contributed by atoms with Gasteiger partial charge < -0.3 is 15.5 Å². The lowest BCUT2D eigenvalue weighted by Crippen LogP contribution is -2.48. The van der Waals surface area contributed by atoms with Crippen LogP contribution in [0.4, 0.5) is 5.13 Å². The van der Waals surface area contributed by atoms with E-state index in [1.165, 1.54) is 11.3 Å². The number of piperazine rings is 1. The summed E-state index contributed by atoms with van der Waals surface area (Å²) in [6.45, 7) is 8.70. The number of aryl methyl sites for hydroxylation is 1. The van der Waals surface area contributed by atoms with Gasteiger partial charge in [-0.2, -0.15) is 0 Å². The third-order valence-electron chi connectivity index (χ3n) is 4.06. The minimum Gasteiger partial charge on any atom is -0.375 e. The molecule has 1 aromatic carbocycles. The van der Waals surface area contributed by atoms with Crippen LogP contribution in [0.5, 0.6) is 0 Å². The largest absolute Gasteiger partial charge is 0.375 e. The molecule has 2 N–H and O–H groups in total. The molecule has 2 heterocycles. The zero-order chi connectivity index (χ0) is 15.0. The minimum absolute atomic E-state index is 0.114. The molecule has 0 radical (unpaired) electrons. The number of aromatic nitrogens is 1. The number of hydrogen-bond donors (Lipinski definition) is 1. The fourth-order valence-electron chi connectivity index (χ4n) is 2.79. The predicted molar refractivity (Wildman–Crippen MR) is 86.8 cm³/mol. The number of thiazole rings is 1. The standard InChI is InChI=1S/C15H20N4OS/c1-3-18-4-6-19(7-5-18)14(20)11-8-10(2)13-12(9-11)21-15(16)17-13/h8-9H,3-7H2,1-2H3,(H2,16,17). The molecule has 1 aliphatic rings. The van der Waals surface area contributed by atoms with E-state index in [0.717, 1.165) is 54.1 Å². The van der Waals surface area contributed by atoms with E-state index < -0.39 is 0 Å². The Labute approximate surface area is 128 Å². The van der Waals surface area contributed by atoms with Crippen LogP contribution in [-0.2, 0) is 0 Å². The van der Waals surface area contributed by atoms with E-state index in [-0.39, 0.29) is 5.91 Å². The van der Waals surface area contributed by atoms with E-state index in [0.29, 0.717) is 5.13 Å². The number of hydrogen-bond acceptors (Lipinski definition) is 5. The molecule has 6 heteroatoms. The number of likely N-dealkylation sites (N-methyl/N-ethyl adjacent to an activating group) is 1. The molecule has 5 nitrogen and oxygen atoms in total. The molecular weight excluding hydrogens is 284 g/mol. The van der Waals surface area contributed by atoms with Crippen molar-refractivity contribution >= 4 is 32.6 Å². The number of carbonyl (C=O) groups excluding carboxylic acids is 1. The second-order valence-electron chi connectivity index (χ2n) is 5.42. The van der Waals surface area contributed by atoms with E-state index in [2.05, 4.69) is 16.8 Å². The van der Waals surface area contributed by atoms with E-state index in [1.807, 2.05) is 24.0 Å². The van der Waals surface area contributed by atoms with Gasteiger partial charge in [0.15, 0.2) is 5.13 Å². The number of nitrogens with zero attached hydrogens (tertiary/aromatic N) is 3. The number of benzene rings is 1. The fraction of sp³-hybridized carbons (Fsp3) is 0.467. The molecule has 1 amide bonds. The Kier molecular flexibility index (Phi) is 3.82. The highest BCUT2D eigenvalue weighted by atomic mass is 32.1. The molecule has 1 aliphatic heterocycles. The summed E-state index contributed by atoms with van der Waals surface area (Å²) >= 11 is 1.44. The SMILES string of the molecule is CCN1CCN(C(=O)c2cc(C)c3nc(N)sc3c2)CC1. The third-order valence-corrected chi connectivity index (χ3v) is 4.89. The average Bonchev–Trinajstić information content (AvgIpc) is 2.87. The highest BCUT2D eigenvalue weighted by molar-refractivity contribution is 7.22. The van der Waals surface area contributed by atoms with Crippen LogP contribution >= 0.6 is 11.3 Å². The van der Waals surface area contributed by atoms with Crippen molar-refractivity contribution in [2.24, 2.45) is 0 Å². The van der Waals surface area contributed by atoms with Crippen LogP contribution in [-0.4, -0.2) is 53.4 Å². The smallest absolute Gasteiger partial charge is 0.254 e. The zero-order valence-corrected chi connectivity index (χ0v) is 13.2. The van der Waals surface area contributed by atoms with Gasteiger partial charge in [0.1, 0.15) is 0 Å². The van der Waals surface area contributed by atoms with Gasteiger partial charge in [0.2, 0.25) is 0 Å². The van der Waals surface area contributed by atoms with Gasteiger partial charge in [-0.15, -0.1) is 0 Å². The second-order valence-corrected chi connectivity index (χ2v) is 6.48. The van der Waals surface area contributed by atoms with Gasteiger partial charge in [-0.25, -0.2) is 4.98 Å². The summed E-state index contributed by atoms with van der Waals surface area (Å²) in [6, 6.07) is 3.85. The van der Waals surface area contributed by atoms with Crippen molar-refractivity contribution in [2.45, 2.75) is 13.8 Å². The molecule has 112 valence electrons. The number of carbonyl (C=O) groups is 1. The summed E-state index contributed by atoms with van der Waals surface area (Å²) in [5.74, 6) is 0.114. The molecule has 21 heavy (non-hydrogen) atoms. The first-order valence-electron chi connectivity index (χ1n) is 7.26. The Morgan fingerprint density at radius 1 is 1.33 bits per heavy atom. The van der Waals surface area contributed by atoms with Crippen LogP contribution in [0.25, 0.3) is 10.2 Å². The normalized spacial score (nSPS) is 16.6. The lowest BCUT2D eigenvalue weighted by molar-refractivity contribution is 0.0643. The number of nitrogens with two attached hydrogens (primary N) is 1. The lowest BCUT2D eigenvalue weighted by atomic mass is 10.1. The van der Waals surface area contributed by atoms with Crippen molar-refractivity contribution in [3.8, 4) is 0 Å². The highest BCUT2D eigenvalue weighted by Gasteiger charge is 2.22. The Morgan fingerprint density at radius 3 is 2.71 bits per heavy atom. The molecule has 1 fully saturated rings. The molecule has 1 saturated heterocycles. The van der Waals surface area contributed by atoms with Gasteiger partial charge in [-0.1, -0.05) is 18.3 Å². The van der Waals surface area contributed by atoms with Gasteiger partial charge >= 0.3 is 0 Å². The maximum atomic E-state index is 12.7. The van der Waals surface area contributed by atoms with Gasteiger partial charge in [0.05, 0.1) is 10.2 Å². The molecule has 0 aliphatic carbocycles. The monoisotopic (exact) mass is 304 g/mol. The van der Waals surface area contributed by atoms with Crippen LogP contribution in [0.15, 0.2) is 12.1 Å². The van der Waals surface area contributed by atoms with E-state index in [1.54, 1.807) is 0 Å². The molecular formula is C15H20N4OS. The summed E-state index contributed by atoms with van der Waals surface area (Å²) in [6.07, 6.45) is 0. The first-order valence-corrected chi connectivity index (χ1v) is 8.08. The molecule has 0 unspecified atom stereocenters. The summed E-state index contributed by atoms with van der Waals surface area (Å²) in [7, 11) is 0. The molecule has 0 saturated carbocycles. The van der Waals surface area contributed by atoms with Crippen molar-refractivity contribution in [2.75, 3.05) is 38.5 Å². The van der Waals surface area contributed by atoms with Crippen LogP contribution in [0.2, 0.25) is 0 Å². The van der Waals surface area contributed by atoms with Crippen molar-refractivity contribution in [1.82, 2.24) is 14.8 Å². The fourth-order valence-corrected chi connectivity index (χ4v) is 3.64. The maximum absolute atomic E-state index is 12.7. The second kappa shape index (κ2) is 5.61. The molecule has 3 rings (SSSR count). The number of nitrogen functional groups attached to an aromatic ring is 1.